The van der Waals surface area contributed by atoms with Crippen LogP contribution in [0.15, 0.2) is 24.4 Å². The second-order valence-electron chi connectivity index (χ2n) is 5.23. The van der Waals surface area contributed by atoms with Gasteiger partial charge in [0.05, 0.1) is 0 Å². The number of fused-ring (bicyclic) bond motifs is 1. The summed E-state index contributed by atoms with van der Waals surface area (Å²) in [6, 6.07) is 6.57. The summed E-state index contributed by atoms with van der Waals surface area (Å²) in [5.74, 6) is 0.809. The third kappa shape index (κ3) is 2.09. The number of hydrogen-bond acceptors (Lipinski definition) is 1. The summed E-state index contributed by atoms with van der Waals surface area (Å²) in [6.45, 7) is 4.55. The van der Waals surface area contributed by atoms with Crippen LogP contribution in [-0.4, -0.2) is 18.1 Å². The maximum atomic E-state index is 3.50. The Balaban J connectivity index is 1.87. The number of aryl methyl sites for hydroxylation is 1. The molecule has 1 aliphatic heterocycles. The minimum Gasteiger partial charge on any atom is -0.361 e. The first kappa shape index (κ1) is 10.8. The lowest BCUT2D eigenvalue weighted by molar-refractivity contribution is 0.377. The monoisotopic (exact) mass is 228 g/mol. The average Bonchev–Trinajstić information content (AvgIpc) is 2.76. The molecule has 0 amide bonds. The Morgan fingerprint density at radius 1 is 1.35 bits per heavy atom. The summed E-state index contributed by atoms with van der Waals surface area (Å²) in [5, 5.41) is 4.91. The average molecular weight is 228 g/mol. The predicted molar refractivity (Wildman–Crippen MR) is 72.3 cm³/mol. The Bertz CT molecular complexity index is 507. The standard InChI is InChI=1S/C15H20N2/c1-11-4-2-6-14-13(10-17-15(11)14)8-12-5-3-7-16-9-12/h2,4,6,10,12,16-17H,3,5,7-9H2,1H3/t12-/m1/s1. The molecule has 90 valence electrons. The number of piperidine rings is 1. The predicted octanol–water partition coefficient (Wildman–Crippen LogP) is 3.02. The molecule has 1 fully saturated rings. The fourth-order valence-corrected chi connectivity index (χ4v) is 2.94. The molecule has 2 heteroatoms. The van der Waals surface area contributed by atoms with Crippen LogP contribution in [0.5, 0.6) is 0 Å². The maximum absolute atomic E-state index is 3.50. The van der Waals surface area contributed by atoms with E-state index in [4.69, 9.17) is 0 Å². The van der Waals surface area contributed by atoms with E-state index in [1.54, 1.807) is 0 Å². The van der Waals surface area contributed by atoms with Crippen molar-refractivity contribution < 1.29 is 0 Å². The first-order valence-electron chi connectivity index (χ1n) is 6.61. The summed E-state index contributed by atoms with van der Waals surface area (Å²) in [7, 11) is 0. The van der Waals surface area contributed by atoms with Crippen LogP contribution in [0, 0.1) is 12.8 Å². The summed E-state index contributed by atoms with van der Waals surface area (Å²) < 4.78 is 0. The molecule has 2 heterocycles. The van der Waals surface area contributed by atoms with Crippen molar-refractivity contribution in [1.82, 2.24) is 10.3 Å². The molecule has 17 heavy (non-hydrogen) atoms. The van der Waals surface area contributed by atoms with Gasteiger partial charge in [-0.05, 0) is 56.3 Å². The molecule has 0 bridgehead atoms. The fourth-order valence-electron chi connectivity index (χ4n) is 2.94. The second kappa shape index (κ2) is 4.53. The van der Waals surface area contributed by atoms with Crippen molar-refractivity contribution in [2.75, 3.05) is 13.1 Å². The maximum Gasteiger partial charge on any atom is 0.0486 e. The van der Waals surface area contributed by atoms with Crippen LogP contribution < -0.4 is 5.32 Å². The van der Waals surface area contributed by atoms with Crippen LogP contribution in [0.25, 0.3) is 10.9 Å². The Morgan fingerprint density at radius 2 is 2.29 bits per heavy atom. The van der Waals surface area contributed by atoms with Crippen LogP contribution >= 0.6 is 0 Å². The molecular formula is C15H20N2. The minimum absolute atomic E-state index is 0.809. The fraction of sp³-hybridized carbons (Fsp3) is 0.467. The van der Waals surface area contributed by atoms with E-state index in [0.717, 1.165) is 5.92 Å². The van der Waals surface area contributed by atoms with Gasteiger partial charge in [-0.25, -0.2) is 0 Å². The highest BCUT2D eigenvalue weighted by molar-refractivity contribution is 5.85. The van der Waals surface area contributed by atoms with E-state index in [1.165, 1.54) is 54.4 Å². The van der Waals surface area contributed by atoms with Crippen molar-refractivity contribution in [2.24, 2.45) is 5.92 Å². The van der Waals surface area contributed by atoms with Gasteiger partial charge >= 0.3 is 0 Å². The van der Waals surface area contributed by atoms with Crippen LogP contribution in [-0.2, 0) is 6.42 Å². The highest BCUT2D eigenvalue weighted by atomic mass is 14.9. The number of para-hydroxylation sites is 1. The molecule has 2 N–H and O–H groups in total. The smallest absolute Gasteiger partial charge is 0.0486 e. The lowest BCUT2D eigenvalue weighted by Gasteiger charge is -2.22. The first-order chi connectivity index (χ1) is 8.34. The molecular weight excluding hydrogens is 208 g/mol. The van der Waals surface area contributed by atoms with E-state index in [1.807, 2.05) is 0 Å². The van der Waals surface area contributed by atoms with Crippen LogP contribution in [0.4, 0.5) is 0 Å². The Morgan fingerprint density at radius 3 is 3.12 bits per heavy atom. The molecule has 2 aromatic rings. The number of benzene rings is 1. The number of rotatable bonds is 2. The molecule has 1 atom stereocenters. The summed E-state index contributed by atoms with van der Waals surface area (Å²) in [6.07, 6.45) is 6.10. The number of aromatic amines is 1. The van der Waals surface area contributed by atoms with Gasteiger partial charge in [0.25, 0.3) is 0 Å². The lowest BCUT2D eigenvalue weighted by atomic mass is 9.92. The Labute approximate surface area is 102 Å². The minimum atomic E-state index is 0.809. The van der Waals surface area contributed by atoms with Crippen molar-refractivity contribution >= 4 is 10.9 Å². The van der Waals surface area contributed by atoms with Gasteiger partial charge < -0.3 is 10.3 Å². The molecule has 1 aromatic carbocycles. The number of nitrogens with one attached hydrogen (secondary N) is 2. The van der Waals surface area contributed by atoms with E-state index < -0.39 is 0 Å². The highest BCUT2D eigenvalue weighted by Crippen LogP contribution is 2.25. The summed E-state index contributed by atoms with van der Waals surface area (Å²) in [5.41, 5.74) is 4.14. The molecule has 1 aromatic heterocycles. The third-order valence-corrected chi connectivity index (χ3v) is 3.92. The van der Waals surface area contributed by atoms with Gasteiger partial charge in [0, 0.05) is 17.1 Å². The number of H-pyrrole nitrogens is 1. The van der Waals surface area contributed by atoms with Gasteiger partial charge in [0.2, 0.25) is 0 Å². The number of aromatic nitrogens is 1. The van der Waals surface area contributed by atoms with Gasteiger partial charge in [-0.15, -0.1) is 0 Å². The van der Waals surface area contributed by atoms with Gasteiger partial charge in [-0.2, -0.15) is 0 Å². The highest BCUT2D eigenvalue weighted by Gasteiger charge is 2.15. The lowest BCUT2D eigenvalue weighted by Crippen LogP contribution is -2.30. The van der Waals surface area contributed by atoms with Crippen LogP contribution in [0.1, 0.15) is 24.0 Å². The molecule has 1 aliphatic rings. The molecule has 0 saturated carbocycles. The zero-order valence-electron chi connectivity index (χ0n) is 10.4. The SMILES string of the molecule is Cc1cccc2c(C[C@H]3CCCNC3)c[nH]c12. The summed E-state index contributed by atoms with van der Waals surface area (Å²) in [4.78, 5) is 3.43. The van der Waals surface area contributed by atoms with E-state index in [-0.39, 0.29) is 0 Å². The molecule has 3 rings (SSSR count). The Hall–Kier alpha value is -1.28. The van der Waals surface area contributed by atoms with E-state index in [0.29, 0.717) is 0 Å². The quantitative estimate of drug-likeness (QED) is 0.812. The number of hydrogen-bond donors (Lipinski definition) is 2. The van der Waals surface area contributed by atoms with E-state index in [9.17, 15) is 0 Å². The van der Waals surface area contributed by atoms with Gasteiger partial charge in [0.15, 0.2) is 0 Å². The van der Waals surface area contributed by atoms with Gasteiger partial charge in [0.1, 0.15) is 0 Å². The molecule has 0 unspecified atom stereocenters. The molecule has 0 radical (unpaired) electrons. The summed E-state index contributed by atoms with van der Waals surface area (Å²) >= 11 is 0. The van der Waals surface area contributed by atoms with Gasteiger partial charge in [-0.1, -0.05) is 18.2 Å². The first-order valence-corrected chi connectivity index (χ1v) is 6.61. The molecule has 1 saturated heterocycles. The third-order valence-electron chi connectivity index (χ3n) is 3.92. The van der Waals surface area contributed by atoms with Crippen molar-refractivity contribution in [2.45, 2.75) is 26.2 Å². The van der Waals surface area contributed by atoms with E-state index >= 15 is 0 Å². The second-order valence-corrected chi connectivity index (χ2v) is 5.23. The normalized spacial score (nSPS) is 20.9. The van der Waals surface area contributed by atoms with Crippen molar-refractivity contribution in [1.29, 1.82) is 0 Å². The van der Waals surface area contributed by atoms with Crippen LogP contribution in [0.2, 0.25) is 0 Å². The molecule has 0 spiro atoms. The Kier molecular flexibility index (Phi) is 2.89. The van der Waals surface area contributed by atoms with E-state index in [2.05, 4.69) is 41.6 Å². The van der Waals surface area contributed by atoms with Crippen molar-refractivity contribution in [3.63, 3.8) is 0 Å². The van der Waals surface area contributed by atoms with Crippen LogP contribution in [0.3, 0.4) is 0 Å². The zero-order chi connectivity index (χ0) is 11.7. The van der Waals surface area contributed by atoms with Gasteiger partial charge in [-0.3, -0.25) is 0 Å². The topological polar surface area (TPSA) is 27.8 Å². The largest absolute Gasteiger partial charge is 0.361 e. The molecule has 2 nitrogen and oxygen atoms in total. The van der Waals surface area contributed by atoms with Crippen molar-refractivity contribution in [3.8, 4) is 0 Å². The molecule has 0 aliphatic carbocycles. The zero-order valence-corrected chi connectivity index (χ0v) is 10.4. The van der Waals surface area contributed by atoms with Crippen molar-refractivity contribution in [3.05, 3.63) is 35.5 Å².